The maximum absolute atomic E-state index is 12.3. The van der Waals surface area contributed by atoms with E-state index in [2.05, 4.69) is 29.4 Å². The van der Waals surface area contributed by atoms with Crippen LogP contribution in [0.3, 0.4) is 0 Å². The summed E-state index contributed by atoms with van der Waals surface area (Å²) in [4.78, 5) is 12.3. The van der Waals surface area contributed by atoms with Gasteiger partial charge in [0.15, 0.2) is 5.69 Å². The van der Waals surface area contributed by atoms with Crippen LogP contribution in [-0.4, -0.2) is 20.1 Å². The second-order valence-electron chi connectivity index (χ2n) is 6.84. The lowest BCUT2D eigenvalue weighted by Gasteiger charge is -2.02. The van der Waals surface area contributed by atoms with Crippen molar-refractivity contribution in [2.45, 2.75) is 32.6 Å². The van der Waals surface area contributed by atoms with Crippen LogP contribution in [0.4, 0.5) is 0 Å². The van der Waals surface area contributed by atoms with Crippen molar-refractivity contribution >= 4 is 11.0 Å². The van der Waals surface area contributed by atoms with E-state index in [0.717, 1.165) is 12.0 Å². The van der Waals surface area contributed by atoms with Crippen molar-refractivity contribution in [3.8, 4) is 22.7 Å². The molecule has 6 nitrogen and oxygen atoms in total. The Balaban J connectivity index is 1.61. The molecule has 0 radical (unpaired) electrons. The molecular weight excluding hydrogens is 354 g/mol. The smallest absolute Gasteiger partial charge is 0.362 e. The fourth-order valence-corrected chi connectivity index (χ4v) is 3.18. The molecule has 0 atom stereocenters. The molecule has 0 saturated heterocycles. The Labute approximate surface area is 162 Å². The maximum atomic E-state index is 12.3. The lowest BCUT2D eigenvalue weighted by Crippen LogP contribution is -2.10. The van der Waals surface area contributed by atoms with E-state index >= 15 is 0 Å². The summed E-state index contributed by atoms with van der Waals surface area (Å²) in [5, 5.41) is 18.5. The minimum absolute atomic E-state index is 0.0459. The number of aryl methyl sites for hydroxylation is 1. The number of unbranched alkanes of at least 4 members (excludes halogenated alkanes) is 2. The second kappa shape index (κ2) is 7.68. The van der Waals surface area contributed by atoms with Gasteiger partial charge in [-0.3, -0.25) is 0 Å². The monoisotopic (exact) mass is 375 g/mol. The molecule has 28 heavy (non-hydrogen) atoms. The summed E-state index contributed by atoms with van der Waals surface area (Å²) in [5.74, 6) is 0.0459. The molecule has 0 bridgehead atoms. The van der Waals surface area contributed by atoms with E-state index in [4.69, 9.17) is 4.42 Å². The summed E-state index contributed by atoms with van der Waals surface area (Å²) >= 11 is 0. The standard InChI is InChI=1S/C22H21N3O3/c1-2-3-4-5-15-6-8-16(9-7-15)19-14-25(24-23-19)20-12-17-10-11-18(26)13-21(17)28-22(20)27/h6-14,26H,2-5H2,1H3. The van der Waals surface area contributed by atoms with Crippen LogP contribution in [0.1, 0.15) is 31.7 Å². The molecule has 0 aliphatic heterocycles. The van der Waals surface area contributed by atoms with Crippen molar-refractivity contribution in [1.82, 2.24) is 15.0 Å². The van der Waals surface area contributed by atoms with Gasteiger partial charge in [0.1, 0.15) is 17.0 Å². The Morgan fingerprint density at radius 1 is 1.07 bits per heavy atom. The molecule has 142 valence electrons. The van der Waals surface area contributed by atoms with Gasteiger partial charge in [0.05, 0.1) is 6.20 Å². The van der Waals surface area contributed by atoms with E-state index in [0.29, 0.717) is 16.7 Å². The Morgan fingerprint density at radius 2 is 1.89 bits per heavy atom. The van der Waals surface area contributed by atoms with Gasteiger partial charge in [-0.2, -0.15) is 0 Å². The lowest BCUT2D eigenvalue weighted by atomic mass is 10.0. The zero-order valence-corrected chi connectivity index (χ0v) is 15.6. The van der Waals surface area contributed by atoms with E-state index in [9.17, 15) is 9.90 Å². The van der Waals surface area contributed by atoms with Crippen molar-refractivity contribution in [2.75, 3.05) is 0 Å². The summed E-state index contributed by atoms with van der Waals surface area (Å²) in [7, 11) is 0. The van der Waals surface area contributed by atoms with Gasteiger partial charge in [0.25, 0.3) is 0 Å². The number of phenolic OH excluding ortho intramolecular Hbond substituents is 1. The van der Waals surface area contributed by atoms with E-state index in [1.165, 1.54) is 35.6 Å². The first-order valence-corrected chi connectivity index (χ1v) is 9.43. The van der Waals surface area contributed by atoms with Crippen LogP contribution in [0.15, 0.2) is 63.9 Å². The Morgan fingerprint density at radius 3 is 2.68 bits per heavy atom. The van der Waals surface area contributed by atoms with Gasteiger partial charge < -0.3 is 9.52 Å². The van der Waals surface area contributed by atoms with Crippen molar-refractivity contribution in [1.29, 1.82) is 0 Å². The van der Waals surface area contributed by atoms with Gasteiger partial charge >= 0.3 is 5.63 Å². The number of aromatic nitrogens is 3. The highest BCUT2D eigenvalue weighted by Gasteiger charge is 2.11. The summed E-state index contributed by atoms with van der Waals surface area (Å²) in [6, 6.07) is 14.6. The number of hydrogen-bond acceptors (Lipinski definition) is 5. The number of phenols is 1. The molecule has 2 heterocycles. The fourth-order valence-electron chi connectivity index (χ4n) is 3.18. The van der Waals surface area contributed by atoms with E-state index in [1.54, 1.807) is 24.4 Å². The summed E-state index contributed by atoms with van der Waals surface area (Å²) in [6.07, 6.45) is 6.44. The van der Waals surface area contributed by atoms with Crippen molar-refractivity contribution < 1.29 is 9.52 Å². The molecule has 1 N–H and O–H groups in total. The summed E-state index contributed by atoms with van der Waals surface area (Å²) < 4.78 is 6.72. The zero-order valence-electron chi connectivity index (χ0n) is 15.6. The first kappa shape index (κ1) is 18.0. The third-order valence-corrected chi connectivity index (χ3v) is 4.76. The number of hydrogen-bond donors (Lipinski definition) is 1. The normalized spacial score (nSPS) is 11.2. The SMILES string of the molecule is CCCCCc1ccc(-c2cn(-c3cc4ccc(O)cc4oc3=O)nn2)cc1. The highest BCUT2D eigenvalue weighted by Crippen LogP contribution is 2.22. The topological polar surface area (TPSA) is 81.1 Å². The van der Waals surface area contributed by atoms with Crippen LogP contribution in [0.5, 0.6) is 5.75 Å². The van der Waals surface area contributed by atoms with Gasteiger partial charge in [-0.05, 0) is 36.6 Å². The molecular formula is C22H21N3O3. The summed E-state index contributed by atoms with van der Waals surface area (Å²) in [5.41, 5.74) is 3.00. The molecule has 4 rings (SSSR count). The van der Waals surface area contributed by atoms with Crippen molar-refractivity contribution in [2.24, 2.45) is 0 Å². The van der Waals surface area contributed by atoms with Crippen LogP contribution in [0, 0.1) is 0 Å². The maximum Gasteiger partial charge on any atom is 0.362 e. The zero-order chi connectivity index (χ0) is 19.5. The molecule has 6 heteroatoms. The molecule has 0 aliphatic rings. The number of nitrogens with zero attached hydrogens (tertiary/aromatic N) is 3. The third-order valence-electron chi connectivity index (χ3n) is 4.76. The van der Waals surface area contributed by atoms with Crippen molar-refractivity contribution in [3.63, 3.8) is 0 Å². The highest BCUT2D eigenvalue weighted by molar-refractivity contribution is 5.79. The molecule has 0 unspecified atom stereocenters. The van der Waals surface area contributed by atoms with E-state index in [1.807, 2.05) is 12.1 Å². The Hall–Kier alpha value is -3.41. The minimum atomic E-state index is -0.541. The van der Waals surface area contributed by atoms with Crippen LogP contribution in [0.25, 0.3) is 27.9 Å². The van der Waals surface area contributed by atoms with Crippen molar-refractivity contribution in [3.05, 3.63) is 70.7 Å². The third kappa shape index (κ3) is 3.67. The predicted molar refractivity (Wildman–Crippen MR) is 108 cm³/mol. The molecule has 0 saturated carbocycles. The van der Waals surface area contributed by atoms with Gasteiger partial charge in [-0.25, -0.2) is 9.48 Å². The molecule has 0 spiro atoms. The molecule has 0 fully saturated rings. The van der Waals surface area contributed by atoms with Gasteiger partial charge in [0, 0.05) is 17.0 Å². The predicted octanol–water partition coefficient (Wildman–Crippen LogP) is 4.48. The minimum Gasteiger partial charge on any atom is -0.508 e. The molecule has 4 aromatic rings. The highest BCUT2D eigenvalue weighted by atomic mass is 16.4. The Bertz CT molecular complexity index is 1160. The Kier molecular flexibility index (Phi) is 4.93. The van der Waals surface area contributed by atoms with Crippen LogP contribution < -0.4 is 5.63 Å². The first-order valence-electron chi connectivity index (χ1n) is 9.43. The van der Waals surface area contributed by atoms with Crippen LogP contribution >= 0.6 is 0 Å². The average Bonchev–Trinajstić information content (AvgIpc) is 3.18. The van der Waals surface area contributed by atoms with E-state index < -0.39 is 5.63 Å². The fraction of sp³-hybridized carbons (Fsp3) is 0.227. The first-order chi connectivity index (χ1) is 13.6. The van der Waals surface area contributed by atoms with Gasteiger partial charge in [0.2, 0.25) is 0 Å². The largest absolute Gasteiger partial charge is 0.508 e. The van der Waals surface area contributed by atoms with Crippen LogP contribution in [0.2, 0.25) is 0 Å². The van der Waals surface area contributed by atoms with E-state index in [-0.39, 0.29) is 11.4 Å². The average molecular weight is 375 g/mol. The van der Waals surface area contributed by atoms with Crippen LogP contribution in [-0.2, 0) is 6.42 Å². The second-order valence-corrected chi connectivity index (χ2v) is 6.84. The number of fused-ring (bicyclic) bond motifs is 1. The van der Waals surface area contributed by atoms with Gasteiger partial charge in [-0.15, -0.1) is 5.10 Å². The molecule has 2 aromatic heterocycles. The van der Waals surface area contributed by atoms with Gasteiger partial charge in [-0.1, -0.05) is 49.2 Å². The molecule has 0 amide bonds. The quantitative estimate of drug-likeness (QED) is 0.397. The lowest BCUT2D eigenvalue weighted by molar-refractivity contribution is 0.473. The molecule has 0 aliphatic carbocycles. The molecule has 2 aromatic carbocycles. The number of rotatable bonds is 6. The number of aromatic hydroxyl groups is 1. The summed E-state index contributed by atoms with van der Waals surface area (Å²) in [6.45, 7) is 2.20. The number of benzene rings is 2.